The Morgan fingerprint density at radius 1 is 1.09 bits per heavy atom. The molecule has 0 aliphatic heterocycles. The second-order valence-electron chi connectivity index (χ2n) is 5.23. The third-order valence-corrected chi connectivity index (χ3v) is 3.86. The fourth-order valence-electron chi connectivity index (χ4n) is 2.83. The predicted molar refractivity (Wildman–Crippen MR) is 85.6 cm³/mol. The zero-order valence-corrected chi connectivity index (χ0v) is 12.1. The van der Waals surface area contributed by atoms with Crippen LogP contribution < -0.4 is 0 Å². The summed E-state index contributed by atoms with van der Waals surface area (Å²) in [6.07, 6.45) is 3.67. The average Bonchev–Trinajstić information content (AvgIpc) is 3.00. The van der Waals surface area contributed by atoms with E-state index in [0.29, 0.717) is 22.8 Å². The van der Waals surface area contributed by atoms with Crippen LogP contribution in [0.3, 0.4) is 0 Å². The minimum Gasteiger partial charge on any atom is -0.298 e. The first-order valence-electron chi connectivity index (χ1n) is 7.14. The first-order valence-corrected chi connectivity index (χ1v) is 7.14. The monoisotopic (exact) mass is 302 g/mol. The van der Waals surface area contributed by atoms with E-state index in [0.717, 1.165) is 16.8 Å². The Bertz CT molecular complexity index is 1080. The van der Waals surface area contributed by atoms with Crippen LogP contribution >= 0.6 is 0 Å². The average molecular weight is 302 g/mol. The number of para-hydroxylation sites is 1. The van der Waals surface area contributed by atoms with Crippen molar-refractivity contribution in [2.24, 2.45) is 0 Å². The van der Waals surface area contributed by atoms with Gasteiger partial charge < -0.3 is 0 Å². The molecule has 4 aromatic rings. The molecule has 110 valence electrons. The van der Waals surface area contributed by atoms with Crippen molar-refractivity contribution in [3.8, 4) is 11.8 Å². The van der Waals surface area contributed by atoms with Gasteiger partial charge in [-0.15, -0.1) is 0 Å². The van der Waals surface area contributed by atoms with E-state index in [2.05, 4.69) is 16.0 Å². The van der Waals surface area contributed by atoms with Gasteiger partial charge in [-0.05, 0) is 29.8 Å². The zero-order chi connectivity index (χ0) is 15.8. The van der Waals surface area contributed by atoms with Crippen LogP contribution in [0.15, 0.2) is 55.0 Å². The minimum atomic E-state index is -0.315. The molecule has 0 fully saturated rings. The number of halogens is 1. The Kier molecular flexibility index (Phi) is 3.02. The van der Waals surface area contributed by atoms with Crippen molar-refractivity contribution in [3.05, 3.63) is 66.4 Å². The number of imidazole rings is 1. The van der Waals surface area contributed by atoms with Gasteiger partial charge in [0.25, 0.3) is 0 Å². The van der Waals surface area contributed by atoms with E-state index in [1.165, 1.54) is 12.1 Å². The number of rotatable bonds is 2. The molecule has 0 N–H and O–H groups in total. The van der Waals surface area contributed by atoms with Crippen molar-refractivity contribution < 1.29 is 4.39 Å². The van der Waals surface area contributed by atoms with Crippen LogP contribution in [0.4, 0.5) is 4.39 Å². The van der Waals surface area contributed by atoms with E-state index >= 15 is 0 Å². The van der Waals surface area contributed by atoms with Crippen molar-refractivity contribution in [2.45, 2.75) is 6.42 Å². The SMILES string of the molecule is N#CCc1ccccc1-n1cnc2cnc3ccc(F)cc3c21. The minimum absolute atomic E-state index is 0.299. The number of hydrogen-bond acceptors (Lipinski definition) is 3. The first-order chi connectivity index (χ1) is 11.3. The number of pyridine rings is 1. The molecule has 0 saturated heterocycles. The van der Waals surface area contributed by atoms with Gasteiger partial charge in [0.1, 0.15) is 17.7 Å². The van der Waals surface area contributed by atoms with Crippen LogP contribution in [0.2, 0.25) is 0 Å². The Morgan fingerprint density at radius 2 is 1.96 bits per heavy atom. The molecule has 2 aromatic heterocycles. The molecule has 0 saturated carbocycles. The lowest BCUT2D eigenvalue weighted by molar-refractivity contribution is 0.629. The summed E-state index contributed by atoms with van der Waals surface area (Å²) in [4.78, 5) is 8.69. The van der Waals surface area contributed by atoms with Gasteiger partial charge in [-0.3, -0.25) is 9.55 Å². The second kappa shape index (κ2) is 5.18. The lowest BCUT2D eigenvalue weighted by Gasteiger charge is -2.10. The van der Waals surface area contributed by atoms with Crippen LogP contribution in [0, 0.1) is 17.1 Å². The summed E-state index contributed by atoms with van der Waals surface area (Å²) in [6.45, 7) is 0. The Morgan fingerprint density at radius 3 is 2.83 bits per heavy atom. The fourth-order valence-corrected chi connectivity index (χ4v) is 2.83. The van der Waals surface area contributed by atoms with E-state index in [1.54, 1.807) is 18.6 Å². The molecule has 0 amide bonds. The van der Waals surface area contributed by atoms with Gasteiger partial charge in [0.2, 0.25) is 0 Å². The molecule has 0 aliphatic rings. The van der Waals surface area contributed by atoms with Crippen LogP contribution in [0.1, 0.15) is 5.56 Å². The molecule has 4 rings (SSSR count). The molecule has 5 heteroatoms. The van der Waals surface area contributed by atoms with E-state index in [9.17, 15) is 4.39 Å². The van der Waals surface area contributed by atoms with Crippen molar-refractivity contribution in [1.82, 2.24) is 14.5 Å². The molecule has 2 aromatic carbocycles. The van der Waals surface area contributed by atoms with E-state index in [4.69, 9.17) is 5.26 Å². The molecular weight excluding hydrogens is 291 g/mol. The molecule has 0 bridgehead atoms. The summed E-state index contributed by atoms with van der Waals surface area (Å²) in [6, 6.07) is 14.3. The summed E-state index contributed by atoms with van der Waals surface area (Å²) in [5, 5.41) is 9.73. The largest absolute Gasteiger partial charge is 0.298 e. The number of aromatic nitrogens is 3. The summed E-state index contributed by atoms with van der Waals surface area (Å²) < 4.78 is 15.6. The van der Waals surface area contributed by atoms with Gasteiger partial charge in [-0.2, -0.15) is 5.26 Å². The van der Waals surface area contributed by atoms with Crippen LogP contribution in [0.5, 0.6) is 0 Å². The van der Waals surface area contributed by atoms with Gasteiger partial charge in [0.15, 0.2) is 0 Å². The third-order valence-electron chi connectivity index (χ3n) is 3.86. The maximum absolute atomic E-state index is 13.7. The van der Waals surface area contributed by atoms with Gasteiger partial charge in [0, 0.05) is 5.39 Å². The van der Waals surface area contributed by atoms with Gasteiger partial charge in [-0.25, -0.2) is 9.37 Å². The van der Waals surface area contributed by atoms with E-state index in [1.807, 2.05) is 28.8 Å². The lowest BCUT2D eigenvalue weighted by Crippen LogP contribution is -1.98. The highest BCUT2D eigenvalue weighted by Crippen LogP contribution is 2.27. The first kappa shape index (κ1) is 13.4. The quantitative estimate of drug-likeness (QED) is 0.566. The maximum atomic E-state index is 13.7. The van der Waals surface area contributed by atoms with Gasteiger partial charge in [-0.1, -0.05) is 18.2 Å². The van der Waals surface area contributed by atoms with E-state index in [-0.39, 0.29) is 5.82 Å². The summed E-state index contributed by atoms with van der Waals surface area (Å²) in [7, 11) is 0. The number of nitrogens with zero attached hydrogens (tertiary/aromatic N) is 4. The highest BCUT2D eigenvalue weighted by molar-refractivity contribution is 6.02. The predicted octanol–water partition coefficient (Wildman–Crippen LogP) is 3.78. The number of benzene rings is 2. The Labute approximate surface area is 131 Å². The van der Waals surface area contributed by atoms with E-state index < -0.39 is 0 Å². The molecule has 0 atom stereocenters. The van der Waals surface area contributed by atoms with Crippen molar-refractivity contribution in [3.63, 3.8) is 0 Å². The maximum Gasteiger partial charge on any atom is 0.124 e. The molecule has 0 radical (unpaired) electrons. The third kappa shape index (κ3) is 2.12. The van der Waals surface area contributed by atoms with Crippen molar-refractivity contribution >= 4 is 21.9 Å². The van der Waals surface area contributed by atoms with Crippen molar-refractivity contribution in [2.75, 3.05) is 0 Å². The summed E-state index contributed by atoms with van der Waals surface area (Å²) in [5.74, 6) is -0.315. The van der Waals surface area contributed by atoms with Crippen LogP contribution in [-0.2, 0) is 6.42 Å². The topological polar surface area (TPSA) is 54.5 Å². The second-order valence-corrected chi connectivity index (χ2v) is 5.23. The van der Waals surface area contributed by atoms with Gasteiger partial charge >= 0.3 is 0 Å². The smallest absolute Gasteiger partial charge is 0.124 e. The zero-order valence-electron chi connectivity index (χ0n) is 12.1. The fraction of sp³-hybridized carbons (Fsp3) is 0.0556. The number of hydrogen-bond donors (Lipinski definition) is 0. The normalized spacial score (nSPS) is 11.0. The Balaban J connectivity index is 2.09. The molecular formula is C18H11FN4. The molecule has 4 nitrogen and oxygen atoms in total. The molecule has 23 heavy (non-hydrogen) atoms. The van der Waals surface area contributed by atoms with Gasteiger partial charge in [0.05, 0.1) is 35.4 Å². The molecule has 0 aliphatic carbocycles. The lowest BCUT2D eigenvalue weighted by atomic mass is 10.1. The van der Waals surface area contributed by atoms with Crippen LogP contribution in [-0.4, -0.2) is 14.5 Å². The highest BCUT2D eigenvalue weighted by atomic mass is 19.1. The highest BCUT2D eigenvalue weighted by Gasteiger charge is 2.12. The summed E-state index contributed by atoms with van der Waals surface area (Å²) >= 11 is 0. The molecule has 0 spiro atoms. The van der Waals surface area contributed by atoms with Crippen molar-refractivity contribution in [1.29, 1.82) is 5.26 Å². The molecule has 2 heterocycles. The summed E-state index contributed by atoms with van der Waals surface area (Å²) in [5.41, 5.74) is 3.96. The standard InChI is InChI=1S/C18H11FN4/c19-13-5-6-15-14(9-13)18-16(10-21-15)22-11-23(18)17-4-2-1-3-12(17)7-8-20/h1-6,9-11H,7H2. The number of fused-ring (bicyclic) bond motifs is 3. The number of nitriles is 1. The van der Waals surface area contributed by atoms with Crippen LogP contribution in [0.25, 0.3) is 27.6 Å². The Hall–Kier alpha value is -3.26. The molecule has 0 unspecified atom stereocenters.